The maximum Gasteiger partial charge on any atom is 0.269 e. The van der Waals surface area contributed by atoms with Crippen molar-refractivity contribution in [3.8, 4) is 17.1 Å². The van der Waals surface area contributed by atoms with E-state index >= 15 is 0 Å². The monoisotopic (exact) mass is 406 g/mol. The van der Waals surface area contributed by atoms with Crippen molar-refractivity contribution in [2.75, 3.05) is 18.4 Å². The van der Waals surface area contributed by atoms with E-state index in [0.29, 0.717) is 36.1 Å². The quantitative estimate of drug-likeness (QED) is 0.456. The van der Waals surface area contributed by atoms with Crippen LogP contribution in [0.2, 0.25) is 0 Å². The van der Waals surface area contributed by atoms with Crippen molar-refractivity contribution in [3.63, 3.8) is 0 Å². The number of amides is 1. The highest BCUT2D eigenvalue weighted by atomic mass is 19.1. The summed E-state index contributed by atoms with van der Waals surface area (Å²) in [5, 5.41) is 22.5. The predicted molar refractivity (Wildman–Crippen MR) is 109 cm³/mol. The molecule has 4 aromatic rings. The van der Waals surface area contributed by atoms with Gasteiger partial charge in [-0.3, -0.25) is 9.48 Å². The Kier molecular flexibility index (Phi) is 5.46. The Morgan fingerprint density at radius 1 is 1.10 bits per heavy atom. The van der Waals surface area contributed by atoms with Crippen LogP contribution in [0.5, 0.6) is 0 Å². The number of halogens is 1. The molecule has 9 nitrogen and oxygen atoms in total. The van der Waals surface area contributed by atoms with Gasteiger partial charge in [0.25, 0.3) is 5.91 Å². The molecule has 152 valence electrons. The normalized spacial score (nSPS) is 10.7. The summed E-state index contributed by atoms with van der Waals surface area (Å²) in [4.78, 5) is 12.5. The molecule has 0 spiro atoms. The molecule has 10 heteroatoms. The zero-order valence-corrected chi connectivity index (χ0v) is 16.2. The number of aromatic nitrogens is 6. The van der Waals surface area contributed by atoms with Crippen LogP contribution in [-0.4, -0.2) is 48.8 Å². The first-order valence-corrected chi connectivity index (χ1v) is 9.26. The van der Waals surface area contributed by atoms with Crippen LogP contribution < -0.4 is 10.6 Å². The molecule has 1 amide bonds. The molecule has 0 aliphatic carbocycles. The highest BCUT2D eigenvalue weighted by molar-refractivity contribution is 5.93. The Balaban J connectivity index is 1.29. The van der Waals surface area contributed by atoms with Crippen LogP contribution in [-0.2, 0) is 7.05 Å². The minimum absolute atomic E-state index is 0.250. The fourth-order valence-corrected chi connectivity index (χ4v) is 2.84. The summed E-state index contributed by atoms with van der Waals surface area (Å²) in [5.74, 6) is 0.646. The topological polar surface area (TPSA) is 103 Å². The van der Waals surface area contributed by atoms with Gasteiger partial charge >= 0.3 is 0 Å². The molecule has 0 aliphatic heterocycles. The van der Waals surface area contributed by atoms with Crippen LogP contribution in [0.25, 0.3) is 17.1 Å². The lowest BCUT2D eigenvalue weighted by atomic mass is 10.1. The third-order valence-electron chi connectivity index (χ3n) is 4.36. The van der Waals surface area contributed by atoms with E-state index in [-0.39, 0.29) is 11.7 Å². The molecule has 3 heterocycles. The molecule has 1 aromatic carbocycles. The maximum absolute atomic E-state index is 13.1. The number of aryl methyl sites for hydroxylation is 1. The summed E-state index contributed by atoms with van der Waals surface area (Å²) in [6, 6.07) is 13.1. The molecule has 0 saturated heterocycles. The number of benzene rings is 1. The first-order chi connectivity index (χ1) is 14.6. The van der Waals surface area contributed by atoms with Gasteiger partial charge in [-0.25, -0.2) is 9.07 Å². The first kappa shape index (κ1) is 19.2. The van der Waals surface area contributed by atoms with Gasteiger partial charge in [0.15, 0.2) is 5.82 Å². The van der Waals surface area contributed by atoms with Crippen molar-refractivity contribution in [1.29, 1.82) is 0 Å². The number of anilines is 1. The number of hydrogen-bond acceptors (Lipinski definition) is 6. The van der Waals surface area contributed by atoms with Crippen LogP contribution in [0, 0.1) is 5.82 Å². The van der Waals surface area contributed by atoms with Gasteiger partial charge in [-0.2, -0.15) is 10.2 Å². The SMILES string of the molecule is Cn1nc(-c2ccc(F)cc2)cc1C(=O)NCCNc1ccc(-n2cccn2)nn1. The first-order valence-electron chi connectivity index (χ1n) is 9.26. The molecule has 2 N–H and O–H groups in total. The number of nitrogens with zero attached hydrogens (tertiary/aromatic N) is 6. The Bertz CT molecular complexity index is 1120. The number of hydrogen-bond donors (Lipinski definition) is 2. The van der Waals surface area contributed by atoms with E-state index in [4.69, 9.17) is 0 Å². The summed E-state index contributed by atoms with van der Waals surface area (Å²) < 4.78 is 16.2. The fraction of sp³-hybridized carbons (Fsp3) is 0.150. The van der Waals surface area contributed by atoms with Gasteiger partial charge in [0.2, 0.25) is 0 Å². The molecule has 0 aliphatic rings. The second-order valence-electron chi connectivity index (χ2n) is 6.46. The number of nitrogens with one attached hydrogen (secondary N) is 2. The van der Waals surface area contributed by atoms with Crippen molar-refractivity contribution in [1.82, 2.24) is 35.1 Å². The third-order valence-corrected chi connectivity index (χ3v) is 4.36. The lowest BCUT2D eigenvalue weighted by Crippen LogP contribution is -2.30. The third kappa shape index (κ3) is 4.32. The van der Waals surface area contributed by atoms with Gasteiger partial charge in [-0.1, -0.05) is 0 Å². The van der Waals surface area contributed by atoms with Crippen LogP contribution in [0.4, 0.5) is 10.2 Å². The molecule has 30 heavy (non-hydrogen) atoms. The molecular weight excluding hydrogens is 387 g/mol. The molecule has 0 bridgehead atoms. The van der Waals surface area contributed by atoms with Crippen molar-refractivity contribution in [2.45, 2.75) is 0 Å². The summed E-state index contributed by atoms with van der Waals surface area (Å²) in [6.07, 6.45) is 3.45. The molecule has 4 rings (SSSR count). The predicted octanol–water partition coefficient (Wildman–Crippen LogP) is 2.04. The van der Waals surface area contributed by atoms with Gasteiger partial charge in [0, 0.05) is 38.1 Å². The highest BCUT2D eigenvalue weighted by Crippen LogP contribution is 2.19. The van der Waals surface area contributed by atoms with Crippen molar-refractivity contribution in [2.24, 2.45) is 7.05 Å². The van der Waals surface area contributed by atoms with Crippen LogP contribution >= 0.6 is 0 Å². The minimum atomic E-state index is -0.319. The molecule has 0 saturated carbocycles. The van der Waals surface area contributed by atoms with Crippen LogP contribution in [0.3, 0.4) is 0 Å². The summed E-state index contributed by atoms with van der Waals surface area (Å²) in [6.45, 7) is 0.864. The zero-order chi connectivity index (χ0) is 20.9. The van der Waals surface area contributed by atoms with E-state index in [1.165, 1.54) is 16.8 Å². The summed E-state index contributed by atoms with van der Waals surface area (Å²) in [7, 11) is 1.69. The molecule has 0 radical (unpaired) electrons. The second-order valence-corrected chi connectivity index (χ2v) is 6.46. The Morgan fingerprint density at radius 2 is 1.93 bits per heavy atom. The van der Waals surface area contributed by atoms with E-state index in [1.54, 1.807) is 60.5 Å². The second kappa shape index (κ2) is 8.52. The van der Waals surface area contributed by atoms with Gasteiger partial charge in [-0.15, -0.1) is 10.2 Å². The van der Waals surface area contributed by atoms with E-state index in [0.717, 1.165) is 5.56 Å². The molecular formula is C20H19FN8O. The van der Waals surface area contributed by atoms with E-state index < -0.39 is 0 Å². The van der Waals surface area contributed by atoms with Crippen molar-refractivity contribution in [3.05, 3.63) is 72.4 Å². The number of carbonyl (C=O) groups excluding carboxylic acids is 1. The van der Waals surface area contributed by atoms with Gasteiger partial charge in [-0.05, 0) is 48.5 Å². The smallest absolute Gasteiger partial charge is 0.269 e. The van der Waals surface area contributed by atoms with Crippen LogP contribution in [0.15, 0.2) is 60.9 Å². The average Bonchev–Trinajstić information content (AvgIpc) is 3.42. The molecule has 0 unspecified atom stereocenters. The minimum Gasteiger partial charge on any atom is -0.367 e. The average molecular weight is 406 g/mol. The van der Waals surface area contributed by atoms with Gasteiger partial charge < -0.3 is 10.6 Å². The Morgan fingerprint density at radius 3 is 2.63 bits per heavy atom. The summed E-state index contributed by atoms with van der Waals surface area (Å²) >= 11 is 0. The lowest BCUT2D eigenvalue weighted by molar-refractivity contribution is 0.0946. The fourth-order valence-electron chi connectivity index (χ4n) is 2.84. The standard InChI is InChI=1S/C20H19FN8O/c1-28-17(13-16(27-28)14-3-5-15(21)6-4-14)20(30)23-11-10-22-18-7-8-19(26-25-18)29-12-2-9-24-29/h2-9,12-13H,10-11H2,1H3,(H,22,25)(H,23,30). The molecule has 0 fully saturated rings. The van der Waals surface area contributed by atoms with E-state index in [2.05, 4.69) is 31.0 Å². The van der Waals surface area contributed by atoms with E-state index in [9.17, 15) is 9.18 Å². The maximum atomic E-state index is 13.1. The van der Waals surface area contributed by atoms with E-state index in [1.807, 2.05) is 0 Å². The largest absolute Gasteiger partial charge is 0.367 e. The van der Waals surface area contributed by atoms with Crippen molar-refractivity contribution >= 4 is 11.7 Å². The van der Waals surface area contributed by atoms with Crippen molar-refractivity contribution < 1.29 is 9.18 Å². The Labute approximate surface area is 171 Å². The van der Waals surface area contributed by atoms with Gasteiger partial charge in [0.1, 0.15) is 17.3 Å². The number of carbonyl (C=O) groups is 1. The summed E-state index contributed by atoms with van der Waals surface area (Å²) in [5.41, 5.74) is 1.76. The Hall–Kier alpha value is -4.08. The number of rotatable bonds is 7. The van der Waals surface area contributed by atoms with Crippen LogP contribution in [0.1, 0.15) is 10.5 Å². The molecule has 3 aromatic heterocycles. The van der Waals surface area contributed by atoms with Gasteiger partial charge in [0.05, 0.1) is 5.69 Å². The lowest BCUT2D eigenvalue weighted by Gasteiger charge is -2.07. The molecule has 0 atom stereocenters. The zero-order valence-electron chi connectivity index (χ0n) is 16.2. The highest BCUT2D eigenvalue weighted by Gasteiger charge is 2.14.